The van der Waals surface area contributed by atoms with E-state index in [0.29, 0.717) is 12.1 Å². The average molecular weight is 500 g/mol. The van der Waals surface area contributed by atoms with E-state index < -0.39 is 22.0 Å². The Bertz CT molecular complexity index is 1130. The quantitative estimate of drug-likeness (QED) is 0.537. The van der Waals surface area contributed by atoms with Crippen LogP contribution >= 0.6 is 0 Å². The molecule has 1 saturated carbocycles. The van der Waals surface area contributed by atoms with Crippen molar-refractivity contribution in [2.24, 2.45) is 0 Å². The van der Waals surface area contributed by atoms with Gasteiger partial charge in [0.1, 0.15) is 12.6 Å². The lowest BCUT2D eigenvalue weighted by Crippen LogP contribution is -2.53. The van der Waals surface area contributed by atoms with E-state index in [4.69, 9.17) is 0 Å². The van der Waals surface area contributed by atoms with Gasteiger partial charge in [-0.25, -0.2) is 8.42 Å². The molecule has 7 nitrogen and oxygen atoms in total. The standard InChI is InChI=1S/C27H37N3O4S/c1-5-24(27(32)28-23-13-9-10-14-23)29(18-22-11-7-6-8-12-22)26(31)19-30(35(4,33)34)25-16-15-20(2)17-21(25)3/h6-8,11-12,15-17,23-24H,5,9-10,13-14,18-19H2,1-4H3,(H,28,32)/t24-/m1/s1. The van der Waals surface area contributed by atoms with Crippen LogP contribution in [-0.4, -0.2) is 50.0 Å². The molecule has 0 heterocycles. The van der Waals surface area contributed by atoms with Gasteiger partial charge in [0.25, 0.3) is 0 Å². The molecule has 0 aliphatic heterocycles. The van der Waals surface area contributed by atoms with Crippen LogP contribution in [0.1, 0.15) is 55.7 Å². The van der Waals surface area contributed by atoms with Crippen molar-refractivity contribution in [1.82, 2.24) is 10.2 Å². The van der Waals surface area contributed by atoms with Gasteiger partial charge in [-0.05, 0) is 50.3 Å². The van der Waals surface area contributed by atoms with E-state index in [1.165, 1.54) is 4.90 Å². The molecule has 1 fully saturated rings. The number of sulfonamides is 1. The fraction of sp³-hybridized carbons (Fsp3) is 0.481. The first-order valence-electron chi connectivity index (χ1n) is 12.3. The molecule has 2 amide bonds. The van der Waals surface area contributed by atoms with E-state index in [2.05, 4.69) is 5.32 Å². The number of nitrogens with zero attached hydrogens (tertiary/aromatic N) is 2. The number of carbonyl (C=O) groups is 2. The first kappa shape index (κ1) is 26.7. The van der Waals surface area contributed by atoms with E-state index in [1.54, 1.807) is 6.07 Å². The van der Waals surface area contributed by atoms with E-state index in [1.807, 2.05) is 63.2 Å². The molecule has 0 unspecified atom stereocenters. The molecule has 0 bridgehead atoms. The zero-order chi connectivity index (χ0) is 25.6. The lowest BCUT2D eigenvalue weighted by atomic mass is 10.1. The molecule has 2 aromatic carbocycles. The minimum atomic E-state index is -3.74. The Labute approximate surface area is 209 Å². The van der Waals surface area contributed by atoms with Gasteiger partial charge in [0.05, 0.1) is 11.9 Å². The summed E-state index contributed by atoms with van der Waals surface area (Å²) in [5, 5.41) is 3.12. The summed E-state index contributed by atoms with van der Waals surface area (Å²) in [5.74, 6) is -0.589. The Morgan fingerprint density at radius 2 is 1.71 bits per heavy atom. The van der Waals surface area contributed by atoms with E-state index in [-0.39, 0.29) is 25.0 Å². The zero-order valence-corrected chi connectivity index (χ0v) is 22.0. The smallest absolute Gasteiger partial charge is 0.244 e. The highest BCUT2D eigenvalue weighted by Crippen LogP contribution is 2.25. The predicted molar refractivity (Wildman–Crippen MR) is 140 cm³/mol. The van der Waals surface area contributed by atoms with Crippen molar-refractivity contribution in [3.8, 4) is 0 Å². The van der Waals surface area contributed by atoms with Gasteiger partial charge < -0.3 is 10.2 Å². The van der Waals surface area contributed by atoms with Gasteiger partial charge in [-0.15, -0.1) is 0 Å². The zero-order valence-electron chi connectivity index (χ0n) is 21.2. The van der Waals surface area contributed by atoms with E-state index in [0.717, 1.165) is 52.9 Å². The van der Waals surface area contributed by atoms with E-state index >= 15 is 0 Å². The van der Waals surface area contributed by atoms with Crippen molar-refractivity contribution in [3.05, 3.63) is 65.2 Å². The monoisotopic (exact) mass is 499 g/mol. The van der Waals surface area contributed by atoms with Crippen molar-refractivity contribution in [2.75, 3.05) is 17.1 Å². The minimum absolute atomic E-state index is 0.132. The number of hydrogen-bond acceptors (Lipinski definition) is 4. The summed E-state index contributed by atoms with van der Waals surface area (Å²) in [7, 11) is -3.74. The highest BCUT2D eigenvalue weighted by Gasteiger charge is 2.33. The predicted octanol–water partition coefficient (Wildman–Crippen LogP) is 3.94. The van der Waals surface area contributed by atoms with Gasteiger partial charge in [-0.3, -0.25) is 13.9 Å². The maximum atomic E-state index is 13.7. The van der Waals surface area contributed by atoms with Crippen molar-refractivity contribution in [1.29, 1.82) is 0 Å². The number of amides is 2. The molecule has 1 atom stereocenters. The van der Waals surface area contributed by atoms with Gasteiger partial charge >= 0.3 is 0 Å². The van der Waals surface area contributed by atoms with E-state index in [9.17, 15) is 18.0 Å². The van der Waals surface area contributed by atoms with Crippen molar-refractivity contribution < 1.29 is 18.0 Å². The Hall–Kier alpha value is -2.87. The van der Waals surface area contributed by atoms with Crippen LogP contribution in [0, 0.1) is 13.8 Å². The second-order valence-corrected chi connectivity index (χ2v) is 11.4. The molecule has 1 aliphatic rings. The summed E-state index contributed by atoms with van der Waals surface area (Å²) in [5.41, 5.74) is 3.12. The van der Waals surface area contributed by atoms with Crippen LogP contribution < -0.4 is 9.62 Å². The highest BCUT2D eigenvalue weighted by atomic mass is 32.2. The fourth-order valence-electron chi connectivity index (χ4n) is 4.75. The van der Waals surface area contributed by atoms with Gasteiger partial charge in [0.15, 0.2) is 0 Å². The van der Waals surface area contributed by atoms with Crippen molar-refractivity contribution in [3.63, 3.8) is 0 Å². The number of anilines is 1. The summed E-state index contributed by atoms with van der Waals surface area (Å²) in [6.45, 7) is 5.49. The number of aryl methyl sites for hydroxylation is 2. The van der Waals surface area contributed by atoms with Gasteiger partial charge in [-0.2, -0.15) is 0 Å². The lowest BCUT2D eigenvalue weighted by Gasteiger charge is -2.33. The molecule has 0 spiro atoms. The Balaban J connectivity index is 1.92. The van der Waals surface area contributed by atoms with Gasteiger partial charge in [0, 0.05) is 12.6 Å². The average Bonchev–Trinajstić information content (AvgIpc) is 3.30. The molecule has 2 aromatic rings. The Morgan fingerprint density at radius 1 is 1.06 bits per heavy atom. The molecule has 1 N–H and O–H groups in total. The third kappa shape index (κ3) is 7.07. The second kappa shape index (κ2) is 11.7. The SMILES string of the molecule is CC[C@H](C(=O)NC1CCCC1)N(Cc1ccccc1)C(=O)CN(c1ccc(C)cc1C)S(C)(=O)=O. The van der Waals surface area contributed by atoms with Gasteiger partial charge in [0.2, 0.25) is 21.8 Å². The lowest BCUT2D eigenvalue weighted by molar-refractivity contribution is -0.140. The molecule has 0 saturated heterocycles. The number of rotatable bonds is 10. The first-order chi connectivity index (χ1) is 16.6. The van der Waals surface area contributed by atoms with Crippen molar-refractivity contribution >= 4 is 27.5 Å². The van der Waals surface area contributed by atoms with Crippen LogP contribution in [0.2, 0.25) is 0 Å². The highest BCUT2D eigenvalue weighted by molar-refractivity contribution is 7.92. The summed E-state index contributed by atoms with van der Waals surface area (Å²) in [6.07, 6.45) is 5.61. The normalized spacial score (nSPS) is 15.0. The third-order valence-corrected chi connectivity index (χ3v) is 7.71. The van der Waals surface area contributed by atoms with Crippen LogP contribution in [-0.2, 0) is 26.2 Å². The second-order valence-electron chi connectivity index (χ2n) is 9.48. The molecule has 35 heavy (non-hydrogen) atoms. The summed E-state index contributed by atoms with van der Waals surface area (Å²) < 4.78 is 26.7. The number of carbonyl (C=O) groups excluding carboxylic acids is 2. The number of hydrogen-bond donors (Lipinski definition) is 1. The summed E-state index contributed by atoms with van der Waals surface area (Å²) >= 11 is 0. The maximum absolute atomic E-state index is 13.7. The molecule has 1 aliphatic carbocycles. The molecule has 3 rings (SSSR count). The summed E-state index contributed by atoms with van der Waals surface area (Å²) in [4.78, 5) is 28.5. The molecular formula is C27H37N3O4S. The molecule has 0 radical (unpaired) electrons. The van der Waals surface area contributed by atoms with Crippen LogP contribution in [0.4, 0.5) is 5.69 Å². The topological polar surface area (TPSA) is 86.8 Å². The molecule has 8 heteroatoms. The molecule has 190 valence electrons. The summed E-state index contributed by atoms with van der Waals surface area (Å²) in [6, 6.07) is 14.4. The van der Waals surface area contributed by atoms with Crippen LogP contribution in [0.3, 0.4) is 0 Å². The largest absolute Gasteiger partial charge is 0.352 e. The van der Waals surface area contributed by atoms with Crippen LogP contribution in [0.25, 0.3) is 0 Å². The van der Waals surface area contributed by atoms with Crippen molar-refractivity contribution in [2.45, 2.75) is 71.5 Å². The molecular weight excluding hydrogens is 462 g/mol. The molecule has 0 aromatic heterocycles. The van der Waals surface area contributed by atoms with Gasteiger partial charge in [-0.1, -0.05) is 67.8 Å². The van der Waals surface area contributed by atoms with Crippen LogP contribution in [0.5, 0.6) is 0 Å². The fourth-order valence-corrected chi connectivity index (χ4v) is 5.65. The maximum Gasteiger partial charge on any atom is 0.244 e. The minimum Gasteiger partial charge on any atom is -0.352 e. The third-order valence-electron chi connectivity index (χ3n) is 6.58. The van der Waals surface area contributed by atoms with Crippen LogP contribution in [0.15, 0.2) is 48.5 Å². The number of benzene rings is 2. The Morgan fingerprint density at radius 3 is 2.29 bits per heavy atom. The number of nitrogens with one attached hydrogen (secondary N) is 1. The Kier molecular flexibility index (Phi) is 8.94. The first-order valence-corrected chi connectivity index (χ1v) is 14.1.